The summed E-state index contributed by atoms with van der Waals surface area (Å²) in [6.45, 7) is 8.48. The molecule has 38 heavy (non-hydrogen) atoms. The number of nitrogens with zero attached hydrogens (tertiary/aromatic N) is 5. The van der Waals surface area contributed by atoms with Gasteiger partial charge in [-0.05, 0) is 71.1 Å². The average molecular weight is 528 g/mol. The number of carbonyl (C=O) groups excluding carboxylic acids is 2. The molecule has 0 saturated carbocycles. The highest BCUT2D eigenvalue weighted by molar-refractivity contribution is 5.77. The minimum Gasteiger partial charge on any atom is -0.492 e. The van der Waals surface area contributed by atoms with Crippen molar-refractivity contribution in [2.45, 2.75) is 71.1 Å². The fourth-order valence-corrected chi connectivity index (χ4v) is 4.77. The lowest BCUT2D eigenvalue weighted by atomic mass is 9.98. The Kier molecular flexibility index (Phi) is 9.25. The first-order valence-electron chi connectivity index (χ1n) is 13.7. The molecule has 2 fully saturated rings. The summed E-state index contributed by atoms with van der Waals surface area (Å²) >= 11 is 0. The molecule has 10 heteroatoms. The first kappa shape index (κ1) is 27.9. The van der Waals surface area contributed by atoms with Gasteiger partial charge in [-0.15, -0.1) is 0 Å². The molecule has 2 saturated heterocycles. The summed E-state index contributed by atoms with van der Waals surface area (Å²) in [5.74, 6) is 1.01. The molecular weight excluding hydrogens is 486 g/mol. The standard InChI is InChI=1S/C28H41N5O5/c1-28(2,3)38-27(35)31(4)16-13-25(34)32-15-7-8-21(19-32)20-37-22-10-11-23(29-18-22)24-12-14-30-33(24)26-9-5-6-17-36-26/h10-12,14,18,21,26H,5-9,13,15-17,19-20H2,1-4H3/t21-,26?/m1/s1. The number of aromatic nitrogens is 3. The van der Waals surface area contributed by atoms with Crippen LogP contribution in [0.5, 0.6) is 5.75 Å². The first-order valence-corrected chi connectivity index (χ1v) is 13.7. The first-order chi connectivity index (χ1) is 18.2. The van der Waals surface area contributed by atoms with Gasteiger partial charge in [0.1, 0.15) is 11.4 Å². The summed E-state index contributed by atoms with van der Waals surface area (Å²) < 4.78 is 19.2. The van der Waals surface area contributed by atoms with Crippen LogP contribution in [0.15, 0.2) is 30.6 Å². The molecule has 0 aliphatic carbocycles. The van der Waals surface area contributed by atoms with E-state index in [1.807, 2.05) is 48.6 Å². The van der Waals surface area contributed by atoms with Crippen LogP contribution in [0.25, 0.3) is 11.4 Å². The maximum absolute atomic E-state index is 12.8. The summed E-state index contributed by atoms with van der Waals surface area (Å²) in [5.41, 5.74) is 1.20. The molecular formula is C28H41N5O5. The molecule has 1 unspecified atom stereocenters. The largest absolute Gasteiger partial charge is 0.492 e. The topological polar surface area (TPSA) is 99.0 Å². The molecule has 4 rings (SSSR count). The summed E-state index contributed by atoms with van der Waals surface area (Å²) in [4.78, 5) is 32.9. The van der Waals surface area contributed by atoms with Gasteiger partial charge in [0.05, 0.1) is 24.2 Å². The van der Waals surface area contributed by atoms with E-state index in [4.69, 9.17) is 14.2 Å². The van der Waals surface area contributed by atoms with Crippen LogP contribution in [0.2, 0.25) is 0 Å². The number of likely N-dealkylation sites (tertiary alicyclic amines) is 1. The van der Waals surface area contributed by atoms with E-state index in [9.17, 15) is 9.59 Å². The number of carbonyl (C=O) groups is 2. The molecule has 0 N–H and O–H groups in total. The van der Waals surface area contributed by atoms with Gasteiger partial charge in [0.25, 0.3) is 0 Å². The van der Waals surface area contributed by atoms with E-state index in [-0.39, 0.29) is 24.5 Å². The maximum Gasteiger partial charge on any atom is 0.410 e. The Bertz CT molecular complexity index is 1060. The lowest BCUT2D eigenvalue weighted by Crippen LogP contribution is -2.43. The fourth-order valence-electron chi connectivity index (χ4n) is 4.77. The molecule has 0 radical (unpaired) electrons. The summed E-state index contributed by atoms with van der Waals surface area (Å²) in [6, 6.07) is 5.84. The van der Waals surface area contributed by atoms with Crippen molar-refractivity contribution in [3.63, 3.8) is 0 Å². The number of amides is 2. The van der Waals surface area contributed by atoms with E-state index < -0.39 is 11.7 Å². The van der Waals surface area contributed by atoms with Crippen LogP contribution >= 0.6 is 0 Å². The normalized spacial score (nSPS) is 20.2. The quantitative estimate of drug-likeness (QED) is 0.498. The zero-order valence-corrected chi connectivity index (χ0v) is 23.1. The van der Waals surface area contributed by atoms with Crippen molar-refractivity contribution in [3.8, 4) is 17.1 Å². The lowest BCUT2D eigenvalue weighted by Gasteiger charge is -2.33. The van der Waals surface area contributed by atoms with Crippen molar-refractivity contribution in [2.24, 2.45) is 5.92 Å². The number of ether oxygens (including phenoxy) is 3. The van der Waals surface area contributed by atoms with Crippen LogP contribution in [-0.4, -0.2) is 82.1 Å². The molecule has 10 nitrogen and oxygen atoms in total. The summed E-state index contributed by atoms with van der Waals surface area (Å²) in [5, 5.41) is 4.47. The van der Waals surface area contributed by atoms with E-state index in [0.717, 1.165) is 56.6 Å². The number of rotatable bonds is 8. The highest BCUT2D eigenvalue weighted by atomic mass is 16.6. The molecule has 208 valence electrons. The zero-order valence-electron chi connectivity index (χ0n) is 23.1. The van der Waals surface area contributed by atoms with Gasteiger partial charge in [-0.25, -0.2) is 9.48 Å². The van der Waals surface area contributed by atoms with Crippen molar-refractivity contribution >= 4 is 12.0 Å². The van der Waals surface area contributed by atoms with Crippen molar-refractivity contribution in [1.82, 2.24) is 24.6 Å². The van der Waals surface area contributed by atoms with E-state index in [2.05, 4.69) is 10.1 Å². The van der Waals surface area contributed by atoms with E-state index in [0.29, 0.717) is 25.4 Å². The third-order valence-corrected chi connectivity index (χ3v) is 6.82. The Morgan fingerprint density at radius 2 is 2.00 bits per heavy atom. The van der Waals surface area contributed by atoms with Crippen LogP contribution < -0.4 is 4.74 Å². The van der Waals surface area contributed by atoms with Crippen LogP contribution in [0.1, 0.15) is 65.5 Å². The Labute approximate surface area is 225 Å². The molecule has 2 atom stereocenters. The van der Waals surface area contributed by atoms with Gasteiger partial charge in [-0.1, -0.05) is 0 Å². The molecule has 0 aromatic carbocycles. The third-order valence-electron chi connectivity index (χ3n) is 6.82. The molecule has 0 bridgehead atoms. The second-order valence-electron chi connectivity index (χ2n) is 11.2. The second kappa shape index (κ2) is 12.6. The van der Waals surface area contributed by atoms with Gasteiger partial charge in [0, 0.05) is 51.8 Å². The van der Waals surface area contributed by atoms with Crippen LogP contribution in [0.4, 0.5) is 4.79 Å². The van der Waals surface area contributed by atoms with Crippen LogP contribution in [0, 0.1) is 5.92 Å². The minimum absolute atomic E-state index is 0.0406. The fraction of sp³-hybridized carbons (Fsp3) is 0.643. The maximum atomic E-state index is 12.8. The van der Waals surface area contributed by atoms with Crippen molar-refractivity contribution in [1.29, 1.82) is 0 Å². The number of hydrogen-bond donors (Lipinski definition) is 0. The Balaban J connectivity index is 1.24. The van der Waals surface area contributed by atoms with Gasteiger partial charge in [-0.3, -0.25) is 9.78 Å². The highest BCUT2D eigenvalue weighted by Crippen LogP contribution is 2.28. The number of pyridine rings is 1. The summed E-state index contributed by atoms with van der Waals surface area (Å²) in [7, 11) is 1.66. The number of piperidine rings is 1. The smallest absolute Gasteiger partial charge is 0.410 e. The van der Waals surface area contributed by atoms with Crippen LogP contribution in [-0.2, 0) is 14.3 Å². The second-order valence-corrected chi connectivity index (χ2v) is 11.2. The Morgan fingerprint density at radius 3 is 2.71 bits per heavy atom. The zero-order chi connectivity index (χ0) is 27.1. The molecule has 2 aromatic heterocycles. The minimum atomic E-state index is -0.558. The van der Waals surface area contributed by atoms with E-state index in [1.165, 1.54) is 4.90 Å². The highest BCUT2D eigenvalue weighted by Gasteiger charge is 2.26. The SMILES string of the molecule is CN(CCC(=O)N1CCC[C@@H](COc2ccc(-c3ccnn3C3CCCCO3)nc2)C1)C(=O)OC(C)(C)C. The average Bonchev–Trinajstić information content (AvgIpc) is 3.40. The van der Waals surface area contributed by atoms with Crippen molar-refractivity contribution < 1.29 is 23.8 Å². The van der Waals surface area contributed by atoms with E-state index in [1.54, 1.807) is 19.4 Å². The third kappa shape index (κ3) is 7.69. The monoisotopic (exact) mass is 527 g/mol. The predicted octanol–water partition coefficient (Wildman–Crippen LogP) is 4.52. The molecule has 2 aliphatic rings. The van der Waals surface area contributed by atoms with Gasteiger partial charge in [-0.2, -0.15) is 5.10 Å². The Morgan fingerprint density at radius 1 is 1.16 bits per heavy atom. The summed E-state index contributed by atoms with van der Waals surface area (Å²) in [6.07, 6.45) is 8.47. The van der Waals surface area contributed by atoms with Crippen molar-refractivity contribution in [2.75, 3.05) is 39.9 Å². The van der Waals surface area contributed by atoms with Gasteiger partial charge >= 0.3 is 6.09 Å². The molecule has 2 aromatic rings. The molecule has 0 spiro atoms. The lowest BCUT2D eigenvalue weighted by molar-refractivity contribution is -0.133. The van der Waals surface area contributed by atoms with Crippen LogP contribution in [0.3, 0.4) is 0 Å². The molecule has 4 heterocycles. The van der Waals surface area contributed by atoms with E-state index >= 15 is 0 Å². The van der Waals surface area contributed by atoms with Gasteiger partial charge in [0.15, 0.2) is 6.23 Å². The van der Waals surface area contributed by atoms with Gasteiger partial charge < -0.3 is 24.0 Å². The number of hydrogen-bond acceptors (Lipinski definition) is 7. The Hall–Kier alpha value is -3.14. The van der Waals surface area contributed by atoms with Crippen molar-refractivity contribution in [3.05, 3.63) is 30.6 Å². The van der Waals surface area contributed by atoms with Gasteiger partial charge in [0.2, 0.25) is 5.91 Å². The predicted molar refractivity (Wildman–Crippen MR) is 143 cm³/mol. The molecule has 2 amide bonds. The molecule has 2 aliphatic heterocycles.